The molecule has 508 valence electrons. The number of hydrogen-bond donors (Lipinski definition) is 6. The average molecular weight is 1370 g/mol. The molecule has 6 aromatic heterocycles. The molecule has 4 aliphatic rings. The molecule has 14 aromatic rings. The molecule has 18 rings (SSSR count). The zero-order valence-electron chi connectivity index (χ0n) is 59.4. The Kier molecular flexibility index (Phi) is 16.1. The number of nitrogens with one attached hydrogen (secondary N) is 6. The van der Waals surface area contributed by atoms with Crippen molar-refractivity contribution < 1.29 is 4.79 Å². The van der Waals surface area contributed by atoms with Crippen LogP contribution in [-0.2, 0) is 0 Å². The molecule has 0 fully saturated rings. The number of carbonyl (C=O) groups is 1. The molecule has 4 aliphatic heterocycles. The highest BCUT2D eigenvalue weighted by molar-refractivity contribution is 6.05. The molecule has 0 saturated heterocycles. The number of aromatic nitrogens is 8. The third-order valence-electron chi connectivity index (χ3n) is 20.4. The van der Waals surface area contributed by atoms with Crippen molar-refractivity contribution in [3.8, 4) is 89.0 Å². The number of benzene rings is 8. The van der Waals surface area contributed by atoms with Crippen molar-refractivity contribution in [1.29, 1.82) is 0 Å². The van der Waals surface area contributed by atoms with Gasteiger partial charge < -0.3 is 30.6 Å². The summed E-state index contributed by atoms with van der Waals surface area (Å²) in [5.74, 6) is 0. The first kappa shape index (κ1) is 64.3. The molecule has 8 aromatic carbocycles. The number of rotatable bonds is 10. The van der Waals surface area contributed by atoms with Crippen LogP contribution in [0.3, 0.4) is 0 Å². The molecule has 2 amide bonds. The molecule has 0 saturated carbocycles. The first-order valence-corrected chi connectivity index (χ1v) is 35.8. The molecule has 6 N–H and O–H groups in total. The average Bonchev–Trinajstić information content (AvgIpc) is 1.62. The summed E-state index contributed by atoms with van der Waals surface area (Å²) in [4.78, 5) is 52.6. The number of fused-ring (bicyclic) bond motifs is 16. The van der Waals surface area contributed by atoms with Gasteiger partial charge in [-0.2, -0.15) is 0 Å². The number of aryl methyl sites for hydroxylation is 6. The largest absolute Gasteiger partial charge is 0.354 e. The van der Waals surface area contributed by atoms with Gasteiger partial charge in [0.05, 0.1) is 45.6 Å². The van der Waals surface area contributed by atoms with Gasteiger partial charge in [0.1, 0.15) is 0 Å². The summed E-state index contributed by atoms with van der Waals surface area (Å²) in [6.45, 7) is 12.7. The van der Waals surface area contributed by atoms with E-state index < -0.39 is 6.03 Å². The maximum absolute atomic E-state index is 14.8. The van der Waals surface area contributed by atoms with Crippen molar-refractivity contribution in [3.05, 3.63) is 322 Å². The van der Waals surface area contributed by atoms with Crippen molar-refractivity contribution in [2.45, 2.75) is 41.5 Å². The molecule has 0 aliphatic carbocycles. The predicted molar refractivity (Wildman–Crippen MR) is 442 cm³/mol. The Balaban J connectivity index is 0.766. The topological polar surface area (TPSA) is 156 Å². The SMILES string of the molecule is Cc1ccc(-c2c3nc(c(-c4ccc(C)cc4)c4ccc([nH]4)c(-c4cccc(NC(=O)Nc5cccc(-c6c7nc(c(-c8ccc(C)cc8)c8ccc([nH]8)c(-c8ccc(C)cc8)c8nc(c(-c9ccc(C)cc9)c9ccc6[nH]9)C=C8)C=C7)c5)c4)c4nc(c(-c5ccc(C)cc5)c5ccc2[nH]5)C=C4)C=C3)cc1. The summed E-state index contributed by atoms with van der Waals surface area (Å²) >= 11 is 0. The summed E-state index contributed by atoms with van der Waals surface area (Å²) in [6, 6.07) is 84.5. The van der Waals surface area contributed by atoms with E-state index in [-0.39, 0.29) is 0 Å². The van der Waals surface area contributed by atoms with Crippen molar-refractivity contribution in [1.82, 2.24) is 39.9 Å². The second-order valence-corrected chi connectivity index (χ2v) is 27.9. The van der Waals surface area contributed by atoms with Crippen LogP contribution in [0.4, 0.5) is 16.2 Å². The fourth-order valence-electron chi connectivity index (χ4n) is 15.0. The van der Waals surface area contributed by atoms with E-state index >= 15 is 0 Å². The number of aromatic amines is 4. The van der Waals surface area contributed by atoms with Crippen LogP contribution in [0.5, 0.6) is 0 Å². The maximum Gasteiger partial charge on any atom is 0.323 e. The second-order valence-electron chi connectivity index (χ2n) is 27.9. The Morgan fingerprint density at radius 3 is 0.594 bits per heavy atom. The highest BCUT2D eigenvalue weighted by Crippen LogP contribution is 2.43. The van der Waals surface area contributed by atoms with E-state index in [2.05, 4.69) is 327 Å². The number of anilines is 2. The highest BCUT2D eigenvalue weighted by atomic mass is 16.2. The molecular formula is C95H72N10O. The Labute approximate surface area is 614 Å². The van der Waals surface area contributed by atoms with Crippen LogP contribution >= 0.6 is 0 Å². The van der Waals surface area contributed by atoms with Crippen molar-refractivity contribution >= 4 is 110 Å². The molecule has 10 heterocycles. The smallest absolute Gasteiger partial charge is 0.323 e. The Morgan fingerprint density at radius 1 is 0.226 bits per heavy atom. The van der Waals surface area contributed by atoms with Crippen LogP contribution in [0, 0.1) is 41.5 Å². The predicted octanol–water partition coefficient (Wildman–Crippen LogP) is 24.5. The maximum atomic E-state index is 14.8. The fourth-order valence-corrected chi connectivity index (χ4v) is 15.0. The highest BCUT2D eigenvalue weighted by Gasteiger charge is 2.23. The quantitative estimate of drug-likeness (QED) is 0.0804. The minimum atomic E-state index is -0.416. The second kappa shape index (κ2) is 26.6. The van der Waals surface area contributed by atoms with Crippen LogP contribution in [0.25, 0.3) is 182 Å². The van der Waals surface area contributed by atoms with E-state index in [4.69, 9.17) is 19.9 Å². The van der Waals surface area contributed by atoms with Gasteiger partial charge in [-0.05, 0) is 207 Å². The summed E-state index contributed by atoms with van der Waals surface area (Å²) in [5.41, 5.74) is 37.2. The zero-order chi connectivity index (χ0) is 71.7. The number of nitrogens with zero attached hydrogens (tertiary/aromatic N) is 4. The first-order valence-electron chi connectivity index (χ1n) is 35.8. The molecule has 106 heavy (non-hydrogen) atoms. The van der Waals surface area contributed by atoms with Crippen molar-refractivity contribution in [2.75, 3.05) is 10.6 Å². The van der Waals surface area contributed by atoms with Gasteiger partial charge >= 0.3 is 6.03 Å². The molecule has 0 unspecified atom stereocenters. The lowest BCUT2D eigenvalue weighted by Crippen LogP contribution is -2.19. The fraction of sp³-hybridized carbons (Fsp3) is 0.0632. The van der Waals surface area contributed by atoms with Gasteiger partial charge in [-0.1, -0.05) is 203 Å². The van der Waals surface area contributed by atoms with Crippen LogP contribution in [0.15, 0.2) is 243 Å². The van der Waals surface area contributed by atoms with Crippen LogP contribution in [0.2, 0.25) is 0 Å². The zero-order valence-corrected chi connectivity index (χ0v) is 59.4. The van der Waals surface area contributed by atoms with Gasteiger partial charge in [0.25, 0.3) is 0 Å². The summed E-state index contributed by atoms with van der Waals surface area (Å²) in [6.07, 6.45) is 16.9. The van der Waals surface area contributed by atoms with Crippen molar-refractivity contribution in [2.24, 2.45) is 0 Å². The Morgan fingerprint density at radius 2 is 0.406 bits per heavy atom. The monoisotopic (exact) mass is 1370 g/mol. The summed E-state index contributed by atoms with van der Waals surface area (Å²) in [5, 5.41) is 6.45. The van der Waals surface area contributed by atoms with E-state index in [1.165, 1.54) is 11.1 Å². The molecule has 0 atom stereocenters. The number of amides is 2. The van der Waals surface area contributed by atoms with Gasteiger partial charge in [0, 0.05) is 100 Å². The minimum absolute atomic E-state index is 0.416. The van der Waals surface area contributed by atoms with Crippen LogP contribution in [-0.4, -0.2) is 45.9 Å². The minimum Gasteiger partial charge on any atom is -0.354 e. The van der Waals surface area contributed by atoms with Gasteiger partial charge in [0.2, 0.25) is 0 Å². The van der Waals surface area contributed by atoms with Crippen LogP contribution in [0.1, 0.15) is 78.9 Å². The van der Waals surface area contributed by atoms with Gasteiger partial charge in [-0.25, -0.2) is 24.7 Å². The van der Waals surface area contributed by atoms with Gasteiger partial charge in [-0.15, -0.1) is 0 Å². The summed E-state index contributed by atoms with van der Waals surface area (Å²) in [7, 11) is 0. The molecule has 0 radical (unpaired) electrons. The standard InChI is InChI=1S/C95H72N10O/c1-55-13-25-61(26-14-55)87-71-37-41-75(98-71)89(63-29-17-57(3)18-30-63)79-45-49-83(102-79)93(84-50-46-80(103-84)90(76-42-38-72(87)99-76)64-31-19-58(4)20-32-64)67-9-7-11-69(53-67)96-95(106)97-70-12-8-10-68(54-70)94-85-51-47-81(104-85)91(65-33-21-59(5)22-34-65)77-43-39-73(100-77)88(62-27-15-56(2)16-28-62)74-40-44-78(101-74)92(82-48-52-86(94)105-82)66-35-23-60(6)24-36-66/h7-54,98,100,103,105H,1-6H3,(H2,96,97,106). The normalized spacial score (nSPS) is 12.1. The molecule has 11 nitrogen and oxygen atoms in total. The van der Waals surface area contributed by atoms with E-state index in [0.29, 0.717) is 11.4 Å². The third kappa shape index (κ3) is 12.2. The van der Waals surface area contributed by atoms with E-state index in [9.17, 15) is 4.79 Å². The van der Waals surface area contributed by atoms with Gasteiger partial charge in [-0.3, -0.25) is 0 Å². The van der Waals surface area contributed by atoms with Gasteiger partial charge in [0.15, 0.2) is 0 Å². The number of urea groups is 1. The van der Waals surface area contributed by atoms with E-state index in [1.807, 2.05) is 36.4 Å². The van der Waals surface area contributed by atoms with Crippen molar-refractivity contribution in [3.63, 3.8) is 0 Å². The summed E-state index contributed by atoms with van der Waals surface area (Å²) < 4.78 is 0. The molecule has 11 heteroatoms. The van der Waals surface area contributed by atoms with Crippen LogP contribution < -0.4 is 10.6 Å². The number of hydrogen-bond acceptors (Lipinski definition) is 5. The number of H-pyrrole nitrogens is 4. The lowest BCUT2D eigenvalue weighted by Gasteiger charge is -2.12. The lowest BCUT2D eigenvalue weighted by molar-refractivity contribution is 0.262. The number of carbonyl (C=O) groups excluding carboxylic acids is 1. The Bertz CT molecular complexity index is 5940. The van der Waals surface area contributed by atoms with E-state index in [0.717, 1.165) is 201 Å². The molecular weight excluding hydrogens is 1300 g/mol. The molecule has 0 spiro atoms. The van der Waals surface area contributed by atoms with E-state index in [1.54, 1.807) is 0 Å². The first-order chi connectivity index (χ1) is 51.8. The molecule has 16 bridgehead atoms. The lowest BCUT2D eigenvalue weighted by atomic mass is 10.0. The third-order valence-corrected chi connectivity index (χ3v) is 20.4. The Hall–Kier alpha value is -13.8.